The molecule has 3 saturated heterocycles. The molecule has 0 bridgehead atoms. The third kappa shape index (κ3) is 18.3. The van der Waals surface area contributed by atoms with E-state index in [1.807, 2.05) is 0 Å². The molecule has 7 amide bonds. The first-order chi connectivity index (χ1) is 36.9. The molecule has 78 heavy (non-hydrogen) atoms. The first-order valence-corrected chi connectivity index (χ1v) is 27.6. The molecule has 3 aliphatic rings. The van der Waals surface area contributed by atoms with Crippen molar-refractivity contribution >= 4 is 48.1 Å². The SMILES string of the molecule is C=[N+](CCN)C1NC(=O)C2C(O)CCN2C(=O)C(C(O)CCN)NC(=O)C(C(O)C(O)c2ccc(O)cc2)NC(=O)C2CC(O)CN2C(=O)C(C(C)O)NC(=O)C(NC(=O)CCCCCCCCC(C)CC(C)CC)CC1O. The van der Waals surface area contributed by atoms with E-state index in [9.17, 15) is 74.4 Å². The van der Waals surface area contributed by atoms with Crippen molar-refractivity contribution in [3.8, 4) is 5.75 Å². The maximum Gasteiger partial charge on any atom is 0.254 e. The lowest BCUT2D eigenvalue weighted by atomic mass is 9.91. The molecule has 1 aromatic carbocycles. The molecule has 440 valence electrons. The Morgan fingerprint density at radius 2 is 1.36 bits per heavy atom. The molecule has 0 saturated carbocycles. The maximum absolute atomic E-state index is 14.6. The van der Waals surface area contributed by atoms with E-state index in [4.69, 9.17) is 11.5 Å². The van der Waals surface area contributed by atoms with E-state index in [-0.39, 0.29) is 56.8 Å². The molecule has 3 heterocycles. The van der Waals surface area contributed by atoms with Gasteiger partial charge in [-0.25, -0.2) is 4.58 Å². The van der Waals surface area contributed by atoms with Crippen LogP contribution in [0.25, 0.3) is 0 Å². The molecular formula is C53H89N10O15+. The van der Waals surface area contributed by atoms with E-state index in [0.29, 0.717) is 24.7 Å². The van der Waals surface area contributed by atoms with Crippen LogP contribution in [-0.4, -0.2) is 215 Å². The van der Waals surface area contributed by atoms with Gasteiger partial charge >= 0.3 is 0 Å². The van der Waals surface area contributed by atoms with Crippen LogP contribution in [0.2, 0.25) is 0 Å². The van der Waals surface area contributed by atoms with E-state index in [2.05, 4.69) is 54.1 Å². The van der Waals surface area contributed by atoms with Gasteiger partial charge in [-0.15, -0.1) is 0 Å². The third-order valence-electron chi connectivity index (χ3n) is 15.2. The summed E-state index contributed by atoms with van der Waals surface area (Å²) in [5.74, 6) is -6.52. The van der Waals surface area contributed by atoms with Crippen LogP contribution in [0.15, 0.2) is 24.3 Å². The molecule has 16 unspecified atom stereocenters. The van der Waals surface area contributed by atoms with Gasteiger partial charge in [0.15, 0.2) is 6.54 Å². The molecule has 17 N–H and O–H groups in total. The number of nitrogens with one attached hydrogen (secondary N) is 5. The topological polar surface area (TPSA) is 403 Å². The highest BCUT2D eigenvalue weighted by atomic mass is 16.3. The molecule has 0 aliphatic carbocycles. The minimum absolute atomic E-state index is 0.0365. The average molecular weight is 1110 g/mol. The number of amides is 7. The number of hydrogen-bond acceptors (Lipinski definition) is 17. The Kier molecular flexibility index (Phi) is 26.2. The molecule has 3 aliphatic heterocycles. The standard InChI is InChI=1S/C53H88N10O15/c1-6-29(2)25-30(3)13-11-9-7-8-10-12-14-40(70)56-35-27-39(69)47(61(5)24-22-55)60-51(76)44-38(68)20-23-62(44)53(78)42(37(67)19-21-54)58-50(75)43(46(72)45(71)32-15-17-33(65)18-16-32)59-49(74)36-26-34(66)28-63(36)52(77)41(31(4)64)57-48(35)73/h15-18,29-31,34-39,41-47,64,66-69,71-72H,5-14,19-28,54-55H2,1-4H3,(H5-,56,57,58,59,60,65,70,73,74,75,76)/p+1. The van der Waals surface area contributed by atoms with Crippen molar-refractivity contribution in [2.45, 2.75) is 203 Å². The predicted molar refractivity (Wildman–Crippen MR) is 284 cm³/mol. The van der Waals surface area contributed by atoms with E-state index in [1.54, 1.807) is 0 Å². The van der Waals surface area contributed by atoms with Crippen molar-refractivity contribution in [2.24, 2.45) is 23.3 Å². The van der Waals surface area contributed by atoms with Crippen LogP contribution in [0.3, 0.4) is 0 Å². The fourth-order valence-corrected chi connectivity index (χ4v) is 10.4. The molecular weight excluding hydrogens is 1020 g/mol. The molecule has 25 heteroatoms. The van der Waals surface area contributed by atoms with E-state index < -0.39 is 146 Å². The van der Waals surface area contributed by atoms with Crippen molar-refractivity contribution < 1.29 is 79.0 Å². The molecule has 0 spiro atoms. The van der Waals surface area contributed by atoms with Crippen LogP contribution in [0.1, 0.15) is 129 Å². The number of aliphatic hydroxyl groups excluding tert-OH is 7. The van der Waals surface area contributed by atoms with Gasteiger partial charge in [0.1, 0.15) is 67.0 Å². The zero-order valence-corrected chi connectivity index (χ0v) is 45.6. The van der Waals surface area contributed by atoms with Gasteiger partial charge in [0.25, 0.3) is 12.1 Å². The van der Waals surface area contributed by atoms with Gasteiger partial charge in [-0.2, -0.15) is 0 Å². The van der Waals surface area contributed by atoms with Crippen molar-refractivity contribution in [2.75, 3.05) is 32.7 Å². The first-order valence-electron chi connectivity index (χ1n) is 27.6. The van der Waals surface area contributed by atoms with E-state index in [0.717, 1.165) is 55.2 Å². The van der Waals surface area contributed by atoms with Crippen LogP contribution < -0.4 is 38.1 Å². The Balaban J connectivity index is 1.75. The van der Waals surface area contributed by atoms with Gasteiger partial charge in [0.2, 0.25) is 35.4 Å². The normalized spacial score (nSPS) is 28.4. The van der Waals surface area contributed by atoms with Crippen LogP contribution in [0.4, 0.5) is 0 Å². The smallest absolute Gasteiger partial charge is 0.254 e. The summed E-state index contributed by atoms with van der Waals surface area (Å²) in [4.78, 5) is 102. The molecule has 1 aromatic rings. The molecule has 3 fully saturated rings. The third-order valence-corrected chi connectivity index (χ3v) is 15.2. The summed E-state index contributed by atoms with van der Waals surface area (Å²) in [6.45, 7) is 10.5. The molecule has 0 radical (unpaired) electrons. The zero-order chi connectivity index (χ0) is 58.0. The Hall–Kier alpha value is -5.38. The lowest BCUT2D eigenvalue weighted by molar-refractivity contribution is -0.571. The fourth-order valence-electron chi connectivity index (χ4n) is 10.4. The highest BCUT2D eigenvalue weighted by Crippen LogP contribution is 2.27. The van der Waals surface area contributed by atoms with Gasteiger partial charge < -0.3 is 83.4 Å². The number of hydrogen-bond donors (Lipinski definition) is 15. The van der Waals surface area contributed by atoms with Crippen LogP contribution >= 0.6 is 0 Å². The van der Waals surface area contributed by atoms with Crippen LogP contribution in [-0.2, 0) is 33.6 Å². The van der Waals surface area contributed by atoms with Gasteiger partial charge in [-0.05, 0) is 68.7 Å². The number of phenols is 1. The number of nitrogens with zero attached hydrogens (tertiary/aromatic N) is 3. The molecule has 16 atom stereocenters. The van der Waals surface area contributed by atoms with Crippen molar-refractivity contribution in [1.29, 1.82) is 0 Å². The summed E-state index contributed by atoms with van der Waals surface area (Å²) in [5.41, 5.74) is 11.6. The summed E-state index contributed by atoms with van der Waals surface area (Å²) < 4.78 is 1.17. The number of aromatic hydroxyl groups is 1. The summed E-state index contributed by atoms with van der Waals surface area (Å²) in [7, 11) is 0. The number of rotatable bonds is 23. The second-order valence-electron chi connectivity index (χ2n) is 21.6. The summed E-state index contributed by atoms with van der Waals surface area (Å²) in [5, 5.41) is 102. The van der Waals surface area contributed by atoms with E-state index in [1.165, 1.54) is 35.3 Å². The Labute approximate surface area is 456 Å². The zero-order valence-electron chi connectivity index (χ0n) is 45.6. The predicted octanol–water partition coefficient (Wildman–Crippen LogP) is -3.19. The highest BCUT2D eigenvalue weighted by molar-refractivity contribution is 5.98. The Bertz CT molecular complexity index is 2160. The largest absolute Gasteiger partial charge is 0.508 e. The quantitative estimate of drug-likeness (QED) is 0.0292. The molecule has 25 nitrogen and oxygen atoms in total. The van der Waals surface area contributed by atoms with Crippen molar-refractivity contribution in [3.63, 3.8) is 0 Å². The Morgan fingerprint density at radius 1 is 0.744 bits per heavy atom. The van der Waals surface area contributed by atoms with Gasteiger partial charge in [-0.3, -0.25) is 38.9 Å². The number of unbranched alkanes of at least 4 members (excludes halogenated alkanes) is 5. The maximum atomic E-state index is 14.6. The number of fused-ring (bicyclic) bond motifs is 2. The molecule has 0 aromatic heterocycles. The van der Waals surface area contributed by atoms with Crippen molar-refractivity contribution in [1.82, 2.24) is 36.4 Å². The summed E-state index contributed by atoms with van der Waals surface area (Å²) in [6.07, 6.45) is -7.22. The van der Waals surface area contributed by atoms with Crippen LogP contribution in [0.5, 0.6) is 5.75 Å². The monoisotopic (exact) mass is 1110 g/mol. The summed E-state index contributed by atoms with van der Waals surface area (Å²) >= 11 is 0. The number of nitrogens with two attached hydrogens (primary N) is 2. The molecule has 4 rings (SSSR count). The second kappa shape index (κ2) is 31.4. The first kappa shape index (κ1) is 65.1. The minimum atomic E-state index is -2.28. The number of carbonyl (C=O) groups is 7. The number of carbonyl (C=O) groups excluding carboxylic acids is 7. The second-order valence-corrected chi connectivity index (χ2v) is 21.6. The van der Waals surface area contributed by atoms with Gasteiger partial charge in [0.05, 0.1) is 31.0 Å². The van der Waals surface area contributed by atoms with E-state index >= 15 is 0 Å². The van der Waals surface area contributed by atoms with Crippen molar-refractivity contribution in [3.05, 3.63) is 29.8 Å². The highest BCUT2D eigenvalue weighted by Gasteiger charge is 2.49. The number of aliphatic hydroxyl groups is 7. The lowest BCUT2D eigenvalue weighted by Gasteiger charge is -2.34. The van der Waals surface area contributed by atoms with Gasteiger partial charge in [-0.1, -0.05) is 77.8 Å². The summed E-state index contributed by atoms with van der Waals surface area (Å²) in [6, 6.07) is -6.50. The Morgan fingerprint density at radius 3 is 1.99 bits per heavy atom. The average Bonchev–Trinajstić information content (AvgIpc) is 3.99. The lowest BCUT2D eigenvalue weighted by Crippen LogP contribution is -2.64. The minimum Gasteiger partial charge on any atom is -0.508 e. The number of phenolic OH excluding ortho intramolecular Hbond substituents is 1. The van der Waals surface area contributed by atoms with Crippen LogP contribution in [0, 0.1) is 11.8 Å². The number of benzene rings is 1. The fraction of sp³-hybridized carbons (Fsp3) is 0.736. The van der Waals surface area contributed by atoms with Gasteiger partial charge in [0, 0.05) is 32.4 Å².